The fraction of sp³-hybridized carbons (Fsp3) is 0.0833. The molecule has 0 saturated carbocycles. The smallest absolute Gasteiger partial charge is 0.256 e. The summed E-state index contributed by atoms with van der Waals surface area (Å²) in [6, 6.07) is 11.1. The van der Waals surface area contributed by atoms with Crippen molar-refractivity contribution in [2.45, 2.75) is 13.2 Å². The molecule has 1 N–H and O–H groups in total. The van der Waals surface area contributed by atoms with E-state index in [1.165, 1.54) is 24.3 Å². The zero-order chi connectivity index (χ0) is 26.0. The quantitative estimate of drug-likeness (QED) is 0.177. The zero-order valence-corrected chi connectivity index (χ0v) is 21.1. The minimum absolute atomic E-state index is 0.0969. The lowest BCUT2D eigenvalue weighted by Gasteiger charge is -2.10. The van der Waals surface area contributed by atoms with Crippen LogP contribution in [0, 0.1) is 23.3 Å². The number of carbonyl (C=O) groups excluding carboxylic acids is 1. The van der Waals surface area contributed by atoms with Gasteiger partial charge >= 0.3 is 0 Å². The van der Waals surface area contributed by atoms with Crippen LogP contribution < -0.4 is 10.1 Å². The zero-order valence-electron chi connectivity index (χ0n) is 18.0. The summed E-state index contributed by atoms with van der Waals surface area (Å²) in [5.74, 6) is -7.74. The van der Waals surface area contributed by atoms with Gasteiger partial charge in [0.05, 0.1) is 21.1 Å². The molecule has 0 aliphatic heterocycles. The summed E-state index contributed by atoms with van der Waals surface area (Å²) in [5.41, 5.74) is 1.52. The molecule has 0 atom stereocenters. The van der Waals surface area contributed by atoms with Crippen molar-refractivity contribution in [3.8, 4) is 5.75 Å². The first-order valence-corrected chi connectivity index (χ1v) is 11.7. The Bertz CT molecular complexity index is 1420. The van der Waals surface area contributed by atoms with E-state index >= 15 is 0 Å². The fourth-order valence-corrected chi connectivity index (χ4v) is 3.89. The predicted molar refractivity (Wildman–Crippen MR) is 130 cm³/mol. The summed E-state index contributed by atoms with van der Waals surface area (Å²) in [6.45, 7) is -0.000238. The molecule has 4 aromatic rings. The number of aromatic nitrogens is 2. The third-order valence-corrected chi connectivity index (χ3v) is 6.27. The Morgan fingerprint density at radius 2 is 1.58 bits per heavy atom. The number of hydrogen-bond donors (Lipinski definition) is 1. The fourth-order valence-electron chi connectivity index (χ4n) is 3.15. The van der Waals surface area contributed by atoms with Gasteiger partial charge in [-0.1, -0.05) is 41.4 Å². The molecule has 36 heavy (non-hydrogen) atoms. The van der Waals surface area contributed by atoms with Crippen LogP contribution >= 0.6 is 39.1 Å². The standard InChI is InChI=1S/C24H14BrCl2F4N3O2/c25-15-10-34(9-13-3-6-16(26)17(27)7-13)33-23(15)32-24(35)14-4-1-12(2-5-14)11-36-22-20(30)18(28)8-19(29)21(22)31/h1-8,10H,9,11H2,(H,32,33,35). The second-order valence-corrected chi connectivity index (χ2v) is 9.18. The number of nitrogens with one attached hydrogen (secondary N) is 1. The van der Waals surface area contributed by atoms with Crippen LogP contribution in [0.25, 0.3) is 0 Å². The molecule has 3 aromatic carbocycles. The molecule has 0 unspecified atom stereocenters. The summed E-state index contributed by atoms with van der Waals surface area (Å²) in [7, 11) is 0. The number of hydrogen-bond acceptors (Lipinski definition) is 3. The molecule has 0 saturated heterocycles. The molecule has 5 nitrogen and oxygen atoms in total. The van der Waals surface area contributed by atoms with Crippen molar-refractivity contribution >= 4 is 50.9 Å². The molecule has 0 aliphatic carbocycles. The lowest BCUT2D eigenvalue weighted by atomic mass is 10.1. The third-order valence-electron chi connectivity index (χ3n) is 4.95. The lowest BCUT2D eigenvalue weighted by molar-refractivity contribution is 0.102. The maximum atomic E-state index is 13.7. The maximum absolute atomic E-state index is 13.7. The van der Waals surface area contributed by atoms with E-state index in [1.807, 2.05) is 0 Å². The second kappa shape index (κ2) is 10.9. The maximum Gasteiger partial charge on any atom is 0.256 e. The molecule has 1 aromatic heterocycles. The van der Waals surface area contributed by atoms with Crippen molar-refractivity contribution in [1.82, 2.24) is 9.78 Å². The van der Waals surface area contributed by atoms with Crippen LogP contribution in [-0.4, -0.2) is 15.7 Å². The van der Waals surface area contributed by atoms with Gasteiger partial charge in [0.1, 0.15) is 6.61 Å². The minimum atomic E-state index is -1.63. The summed E-state index contributed by atoms with van der Waals surface area (Å²) in [5, 5.41) is 7.88. The van der Waals surface area contributed by atoms with Crippen molar-refractivity contribution < 1.29 is 27.1 Å². The molecule has 1 amide bonds. The number of halogens is 7. The molecule has 0 radical (unpaired) electrons. The van der Waals surface area contributed by atoms with Gasteiger partial charge in [0.25, 0.3) is 5.91 Å². The number of anilines is 1. The summed E-state index contributed by atoms with van der Waals surface area (Å²) in [6.07, 6.45) is 1.69. The Labute approximate surface area is 220 Å². The number of carbonyl (C=O) groups is 1. The number of nitrogens with zero attached hydrogens (tertiary/aromatic N) is 2. The van der Waals surface area contributed by atoms with Crippen LogP contribution in [0.3, 0.4) is 0 Å². The number of ether oxygens (including phenoxy) is 1. The van der Waals surface area contributed by atoms with Gasteiger partial charge in [-0.05, 0) is 51.3 Å². The van der Waals surface area contributed by atoms with Crippen molar-refractivity contribution in [3.63, 3.8) is 0 Å². The Morgan fingerprint density at radius 1 is 0.944 bits per heavy atom. The second-order valence-electron chi connectivity index (χ2n) is 7.51. The number of amides is 1. The molecular formula is C24H14BrCl2F4N3O2. The first-order valence-electron chi connectivity index (χ1n) is 10.2. The number of rotatable bonds is 7. The van der Waals surface area contributed by atoms with E-state index in [9.17, 15) is 22.4 Å². The SMILES string of the molecule is O=C(Nc1nn(Cc2ccc(Cl)c(Cl)c2)cc1Br)c1ccc(COc2c(F)c(F)cc(F)c2F)cc1. The predicted octanol–water partition coefficient (Wildman–Crippen LogP) is 7.39. The summed E-state index contributed by atoms with van der Waals surface area (Å²) in [4.78, 5) is 12.6. The highest BCUT2D eigenvalue weighted by Crippen LogP contribution is 2.28. The Hall–Kier alpha value is -3.08. The van der Waals surface area contributed by atoms with E-state index in [4.69, 9.17) is 27.9 Å². The van der Waals surface area contributed by atoms with Crippen molar-refractivity contribution in [3.05, 3.63) is 109 Å². The van der Waals surface area contributed by atoms with Gasteiger partial charge in [-0.3, -0.25) is 9.48 Å². The molecule has 4 rings (SSSR count). The van der Waals surface area contributed by atoms with Crippen LogP contribution in [-0.2, 0) is 13.2 Å². The van der Waals surface area contributed by atoms with Crippen LogP contribution in [0.5, 0.6) is 5.75 Å². The highest BCUT2D eigenvalue weighted by molar-refractivity contribution is 9.10. The Morgan fingerprint density at radius 3 is 2.22 bits per heavy atom. The average molecular weight is 603 g/mol. The van der Waals surface area contributed by atoms with E-state index < -0.39 is 34.9 Å². The highest BCUT2D eigenvalue weighted by Gasteiger charge is 2.21. The van der Waals surface area contributed by atoms with E-state index in [2.05, 4.69) is 26.3 Å². The molecule has 0 fully saturated rings. The van der Waals surface area contributed by atoms with Crippen molar-refractivity contribution in [2.24, 2.45) is 0 Å². The monoisotopic (exact) mass is 601 g/mol. The van der Waals surface area contributed by atoms with Crippen LogP contribution in [0.4, 0.5) is 23.4 Å². The van der Waals surface area contributed by atoms with Crippen LogP contribution in [0.15, 0.2) is 59.2 Å². The Balaban J connectivity index is 1.40. The van der Waals surface area contributed by atoms with Crippen LogP contribution in [0.2, 0.25) is 10.0 Å². The first kappa shape index (κ1) is 26.0. The van der Waals surface area contributed by atoms with E-state index in [1.54, 1.807) is 29.1 Å². The lowest BCUT2D eigenvalue weighted by Crippen LogP contribution is -2.13. The molecule has 0 bridgehead atoms. The Kier molecular flexibility index (Phi) is 7.87. The van der Waals surface area contributed by atoms with Crippen molar-refractivity contribution in [2.75, 3.05) is 5.32 Å². The van der Waals surface area contributed by atoms with Gasteiger partial charge < -0.3 is 10.1 Å². The van der Waals surface area contributed by atoms with Crippen molar-refractivity contribution in [1.29, 1.82) is 0 Å². The molecule has 12 heteroatoms. The minimum Gasteiger partial charge on any atom is -0.483 e. The van der Waals surface area contributed by atoms with Gasteiger partial charge in [-0.25, -0.2) is 8.78 Å². The first-order chi connectivity index (χ1) is 17.1. The molecule has 186 valence electrons. The normalized spacial score (nSPS) is 11.0. The summed E-state index contributed by atoms with van der Waals surface area (Å²) >= 11 is 15.3. The van der Waals surface area contributed by atoms with Gasteiger partial charge in [0.15, 0.2) is 23.2 Å². The average Bonchev–Trinajstić information content (AvgIpc) is 3.18. The molecular weight excluding hydrogens is 589 g/mol. The third kappa shape index (κ3) is 5.83. The number of benzene rings is 3. The molecule has 0 aliphatic rings. The van der Waals surface area contributed by atoms with E-state index in [-0.39, 0.29) is 24.1 Å². The van der Waals surface area contributed by atoms with E-state index in [0.717, 1.165) is 5.56 Å². The molecule has 1 heterocycles. The largest absolute Gasteiger partial charge is 0.483 e. The van der Waals surface area contributed by atoms with Gasteiger partial charge in [-0.15, -0.1) is 0 Å². The molecule has 0 spiro atoms. The summed E-state index contributed by atoms with van der Waals surface area (Å²) < 4.78 is 61.2. The van der Waals surface area contributed by atoms with Gasteiger partial charge in [0, 0.05) is 17.8 Å². The van der Waals surface area contributed by atoms with Crippen LogP contribution in [0.1, 0.15) is 21.5 Å². The van der Waals surface area contributed by atoms with Gasteiger partial charge in [0.2, 0.25) is 11.6 Å². The topological polar surface area (TPSA) is 56.2 Å². The van der Waals surface area contributed by atoms with E-state index in [0.29, 0.717) is 26.6 Å². The van der Waals surface area contributed by atoms with Gasteiger partial charge in [-0.2, -0.15) is 13.9 Å². The highest BCUT2D eigenvalue weighted by atomic mass is 79.9.